The first-order valence-corrected chi connectivity index (χ1v) is 9.06. The quantitative estimate of drug-likeness (QED) is 0.863. The summed E-state index contributed by atoms with van der Waals surface area (Å²) in [5.41, 5.74) is 7.81. The molecule has 4 aliphatic rings. The highest BCUT2D eigenvalue weighted by Gasteiger charge is 2.68. The van der Waals surface area contributed by atoms with Gasteiger partial charge in [0.05, 0.1) is 18.8 Å². The van der Waals surface area contributed by atoms with E-state index in [0.29, 0.717) is 11.3 Å². The molecule has 2 bridgehead atoms. The summed E-state index contributed by atoms with van der Waals surface area (Å²) in [5, 5.41) is 0. The Morgan fingerprint density at radius 3 is 2.58 bits per heavy atom. The van der Waals surface area contributed by atoms with E-state index in [9.17, 15) is 0 Å². The molecule has 5 heteroatoms. The van der Waals surface area contributed by atoms with Crippen molar-refractivity contribution in [3.8, 4) is 5.75 Å². The molecule has 1 unspecified atom stereocenters. The van der Waals surface area contributed by atoms with E-state index in [1.165, 1.54) is 12.0 Å². The Balaban J connectivity index is 1.44. The van der Waals surface area contributed by atoms with Gasteiger partial charge < -0.3 is 19.8 Å². The third-order valence-corrected chi connectivity index (χ3v) is 6.95. The molecule has 24 heavy (non-hydrogen) atoms. The second-order valence-electron chi connectivity index (χ2n) is 8.55. The van der Waals surface area contributed by atoms with Crippen LogP contribution in [0.3, 0.4) is 0 Å². The van der Waals surface area contributed by atoms with E-state index in [2.05, 4.69) is 32.9 Å². The third-order valence-electron chi connectivity index (χ3n) is 6.95. The molecule has 1 aromatic carbocycles. The Kier molecular flexibility index (Phi) is 3.75. The van der Waals surface area contributed by atoms with Crippen LogP contribution in [0, 0.1) is 17.3 Å². The average Bonchev–Trinajstić information content (AvgIpc) is 2.92. The van der Waals surface area contributed by atoms with Crippen LogP contribution in [0.1, 0.15) is 39.2 Å². The molecule has 4 fully saturated rings. The SMILES string of the molecule is COc1ccc(C[C@H](N)B2O[C@@H]3CC4C[C@@H](C4(C)C)[C@]3(C)O2)cc1. The van der Waals surface area contributed by atoms with E-state index < -0.39 is 0 Å². The van der Waals surface area contributed by atoms with Crippen LogP contribution in [0.15, 0.2) is 24.3 Å². The van der Waals surface area contributed by atoms with E-state index in [-0.39, 0.29) is 24.8 Å². The lowest BCUT2D eigenvalue weighted by atomic mass is 9.43. The molecule has 0 radical (unpaired) electrons. The van der Waals surface area contributed by atoms with Crippen molar-refractivity contribution in [3.63, 3.8) is 0 Å². The van der Waals surface area contributed by atoms with Gasteiger partial charge in [-0.15, -0.1) is 0 Å². The smallest absolute Gasteiger partial charge is 0.475 e. The highest BCUT2D eigenvalue weighted by Crippen LogP contribution is 2.65. The fraction of sp³-hybridized carbons (Fsp3) is 0.684. The molecule has 3 saturated carbocycles. The summed E-state index contributed by atoms with van der Waals surface area (Å²) in [6.45, 7) is 6.99. The van der Waals surface area contributed by atoms with Gasteiger partial charge in [-0.1, -0.05) is 26.0 Å². The molecule has 4 nitrogen and oxygen atoms in total. The molecule has 0 aromatic heterocycles. The summed E-state index contributed by atoms with van der Waals surface area (Å²) in [6.07, 6.45) is 3.31. The minimum absolute atomic E-state index is 0.152. The van der Waals surface area contributed by atoms with Crippen molar-refractivity contribution in [2.75, 3.05) is 7.11 Å². The minimum atomic E-state index is -0.308. The van der Waals surface area contributed by atoms with Gasteiger partial charge in [-0.2, -0.15) is 0 Å². The molecule has 1 aromatic rings. The number of ether oxygens (including phenoxy) is 1. The van der Waals surface area contributed by atoms with Crippen molar-refractivity contribution in [1.29, 1.82) is 0 Å². The molecule has 3 aliphatic carbocycles. The van der Waals surface area contributed by atoms with Crippen LogP contribution in [0.5, 0.6) is 5.75 Å². The molecule has 1 heterocycles. The maximum atomic E-state index is 6.45. The lowest BCUT2D eigenvalue weighted by Gasteiger charge is -2.64. The van der Waals surface area contributed by atoms with Crippen LogP contribution in [-0.2, 0) is 15.7 Å². The monoisotopic (exact) mass is 329 g/mol. The van der Waals surface area contributed by atoms with E-state index in [0.717, 1.165) is 24.5 Å². The highest BCUT2D eigenvalue weighted by molar-refractivity contribution is 6.47. The number of rotatable bonds is 4. The van der Waals surface area contributed by atoms with Crippen molar-refractivity contribution in [3.05, 3.63) is 29.8 Å². The van der Waals surface area contributed by atoms with E-state index in [4.69, 9.17) is 19.8 Å². The maximum Gasteiger partial charge on any atom is 0.475 e. The standard InChI is InChI=1S/C19H28BNO3/c1-18(2)13-10-15(18)19(3)16(11-13)23-20(24-19)17(21)9-12-5-7-14(22-4)8-6-12/h5-8,13,15-17H,9-11,21H2,1-4H3/t13?,15-,16+,17-,19-/m0/s1. The van der Waals surface area contributed by atoms with Crippen molar-refractivity contribution >= 4 is 7.12 Å². The van der Waals surface area contributed by atoms with Gasteiger partial charge in [-0.3, -0.25) is 0 Å². The summed E-state index contributed by atoms with van der Waals surface area (Å²) in [7, 11) is 1.37. The first kappa shape index (κ1) is 16.4. The Labute approximate surface area is 145 Å². The third kappa shape index (κ3) is 2.32. The fourth-order valence-electron chi connectivity index (χ4n) is 5.21. The van der Waals surface area contributed by atoms with Gasteiger partial charge in [-0.05, 0) is 61.1 Å². The van der Waals surface area contributed by atoms with Crippen LogP contribution in [0.2, 0.25) is 0 Å². The second kappa shape index (κ2) is 5.48. The van der Waals surface area contributed by atoms with Gasteiger partial charge in [0.2, 0.25) is 0 Å². The number of nitrogens with two attached hydrogens (primary N) is 1. The van der Waals surface area contributed by atoms with Crippen LogP contribution >= 0.6 is 0 Å². The zero-order valence-electron chi connectivity index (χ0n) is 15.1. The molecular formula is C19H28BNO3. The van der Waals surface area contributed by atoms with Crippen LogP contribution in [-0.4, -0.2) is 31.9 Å². The number of hydrogen-bond acceptors (Lipinski definition) is 4. The molecular weight excluding hydrogens is 301 g/mol. The van der Waals surface area contributed by atoms with Crippen LogP contribution in [0.25, 0.3) is 0 Å². The highest BCUT2D eigenvalue weighted by atomic mass is 16.7. The van der Waals surface area contributed by atoms with Crippen molar-refractivity contribution in [1.82, 2.24) is 0 Å². The normalized spacial score (nSPS) is 37.5. The van der Waals surface area contributed by atoms with Gasteiger partial charge in [0.15, 0.2) is 0 Å². The zero-order valence-corrected chi connectivity index (χ0v) is 15.1. The molecule has 5 atom stereocenters. The Hall–Kier alpha value is -1.04. The lowest BCUT2D eigenvalue weighted by Crippen LogP contribution is -2.65. The van der Waals surface area contributed by atoms with Gasteiger partial charge >= 0.3 is 7.12 Å². The van der Waals surface area contributed by atoms with Gasteiger partial charge in [-0.25, -0.2) is 0 Å². The molecule has 5 rings (SSSR count). The van der Waals surface area contributed by atoms with Crippen LogP contribution in [0.4, 0.5) is 0 Å². The maximum absolute atomic E-state index is 6.45. The van der Waals surface area contributed by atoms with E-state index in [1.54, 1.807) is 7.11 Å². The molecule has 0 amide bonds. The molecule has 130 valence electrons. The fourth-order valence-corrected chi connectivity index (χ4v) is 5.21. The van der Waals surface area contributed by atoms with Gasteiger partial charge in [0, 0.05) is 5.94 Å². The van der Waals surface area contributed by atoms with Crippen LogP contribution < -0.4 is 10.5 Å². The van der Waals surface area contributed by atoms with E-state index >= 15 is 0 Å². The second-order valence-corrected chi connectivity index (χ2v) is 8.55. The summed E-state index contributed by atoms with van der Waals surface area (Å²) in [6, 6.07) is 8.05. The van der Waals surface area contributed by atoms with Crippen molar-refractivity contribution in [2.24, 2.45) is 23.0 Å². The Bertz CT molecular complexity index is 620. The Morgan fingerprint density at radius 1 is 1.25 bits per heavy atom. The predicted molar refractivity (Wildman–Crippen MR) is 94.8 cm³/mol. The number of hydrogen-bond donors (Lipinski definition) is 1. The largest absolute Gasteiger partial charge is 0.497 e. The topological polar surface area (TPSA) is 53.7 Å². The number of benzene rings is 1. The summed E-state index contributed by atoms with van der Waals surface area (Å²) in [5.74, 6) is 2.05. The first-order chi connectivity index (χ1) is 11.3. The number of methoxy groups -OCH3 is 1. The molecule has 2 N–H and O–H groups in total. The predicted octanol–water partition coefficient (Wildman–Crippen LogP) is 2.83. The van der Waals surface area contributed by atoms with Crippen molar-refractivity contribution in [2.45, 2.75) is 57.7 Å². The first-order valence-electron chi connectivity index (χ1n) is 9.06. The average molecular weight is 329 g/mol. The summed E-state index contributed by atoms with van der Waals surface area (Å²) < 4.78 is 17.9. The van der Waals surface area contributed by atoms with Crippen molar-refractivity contribution < 1.29 is 14.0 Å². The molecule has 1 saturated heterocycles. The lowest BCUT2D eigenvalue weighted by molar-refractivity contribution is -0.199. The summed E-state index contributed by atoms with van der Waals surface area (Å²) in [4.78, 5) is 0. The van der Waals surface area contributed by atoms with E-state index in [1.807, 2.05) is 12.1 Å². The van der Waals surface area contributed by atoms with Gasteiger partial charge in [0.1, 0.15) is 5.75 Å². The summed E-state index contributed by atoms with van der Waals surface area (Å²) >= 11 is 0. The Morgan fingerprint density at radius 2 is 1.96 bits per heavy atom. The minimum Gasteiger partial charge on any atom is -0.497 e. The molecule has 1 aliphatic heterocycles. The zero-order chi connectivity index (χ0) is 17.1. The molecule has 0 spiro atoms. The van der Waals surface area contributed by atoms with Gasteiger partial charge in [0.25, 0.3) is 0 Å².